The van der Waals surface area contributed by atoms with Crippen LogP contribution in [0.2, 0.25) is 0 Å². The largest absolute Gasteiger partial charge is 0.350 e. The Labute approximate surface area is 149 Å². The Morgan fingerprint density at radius 1 is 1.16 bits per heavy atom. The van der Waals surface area contributed by atoms with E-state index in [-0.39, 0.29) is 18.2 Å². The van der Waals surface area contributed by atoms with Gasteiger partial charge in [-0.25, -0.2) is 0 Å². The third kappa shape index (κ3) is 4.05. The predicted molar refractivity (Wildman–Crippen MR) is 95.1 cm³/mol. The number of fused-ring (bicyclic) bond motifs is 1. The number of piperidine rings is 1. The Morgan fingerprint density at radius 2 is 2.00 bits per heavy atom. The van der Waals surface area contributed by atoms with Crippen LogP contribution in [-0.2, 0) is 20.7 Å². The summed E-state index contributed by atoms with van der Waals surface area (Å²) in [6, 6.07) is 8.67. The molecule has 5 heteroatoms. The summed E-state index contributed by atoms with van der Waals surface area (Å²) >= 11 is 0. The molecule has 0 unspecified atom stereocenters. The molecule has 4 rings (SSSR count). The van der Waals surface area contributed by atoms with Gasteiger partial charge in [0.05, 0.1) is 25.8 Å². The molecule has 0 radical (unpaired) electrons. The summed E-state index contributed by atoms with van der Waals surface area (Å²) in [5.41, 5.74) is 2.68. The highest BCUT2D eigenvalue weighted by Crippen LogP contribution is 2.29. The number of carbonyl (C=O) groups excluding carboxylic acids is 1. The highest BCUT2D eigenvalue weighted by molar-refractivity contribution is 5.78. The van der Waals surface area contributed by atoms with Gasteiger partial charge in [-0.3, -0.25) is 9.69 Å². The van der Waals surface area contributed by atoms with Gasteiger partial charge in [0, 0.05) is 12.5 Å². The summed E-state index contributed by atoms with van der Waals surface area (Å²) in [6.07, 6.45) is 5.46. The van der Waals surface area contributed by atoms with E-state index in [4.69, 9.17) is 9.47 Å². The first-order valence-corrected chi connectivity index (χ1v) is 9.62. The SMILES string of the molecule is O=C(CN1CCC[C@@H](C2OCCO2)C1)N[C@H]1CCCc2ccccc21. The zero-order valence-electron chi connectivity index (χ0n) is 14.8. The molecule has 3 aliphatic rings. The number of hydrogen-bond donors (Lipinski definition) is 1. The molecule has 1 amide bonds. The fourth-order valence-electron chi connectivity index (χ4n) is 4.45. The summed E-state index contributed by atoms with van der Waals surface area (Å²) in [7, 11) is 0. The van der Waals surface area contributed by atoms with E-state index in [1.807, 2.05) is 0 Å². The van der Waals surface area contributed by atoms with Crippen molar-refractivity contribution in [3.63, 3.8) is 0 Å². The van der Waals surface area contributed by atoms with Gasteiger partial charge in [-0.2, -0.15) is 0 Å². The van der Waals surface area contributed by atoms with Gasteiger partial charge >= 0.3 is 0 Å². The Morgan fingerprint density at radius 3 is 2.88 bits per heavy atom. The topological polar surface area (TPSA) is 50.8 Å². The summed E-state index contributed by atoms with van der Waals surface area (Å²) < 4.78 is 11.3. The predicted octanol–water partition coefficient (Wildman–Crippen LogP) is 2.27. The molecule has 1 N–H and O–H groups in total. The van der Waals surface area contributed by atoms with Gasteiger partial charge in [0.25, 0.3) is 0 Å². The highest BCUT2D eigenvalue weighted by atomic mass is 16.7. The van der Waals surface area contributed by atoms with E-state index >= 15 is 0 Å². The van der Waals surface area contributed by atoms with E-state index < -0.39 is 0 Å². The maximum atomic E-state index is 12.6. The third-order valence-corrected chi connectivity index (χ3v) is 5.65. The summed E-state index contributed by atoms with van der Waals surface area (Å²) in [6.45, 7) is 3.74. The van der Waals surface area contributed by atoms with Crippen molar-refractivity contribution >= 4 is 5.91 Å². The van der Waals surface area contributed by atoms with Crippen LogP contribution in [0.4, 0.5) is 0 Å². The number of rotatable bonds is 4. The van der Waals surface area contributed by atoms with Gasteiger partial charge in [-0.05, 0) is 49.8 Å². The van der Waals surface area contributed by atoms with Crippen molar-refractivity contribution in [1.29, 1.82) is 0 Å². The maximum Gasteiger partial charge on any atom is 0.234 e. The van der Waals surface area contributed by atoms with Gasteiger partial charge in [-0.1, -0.05) is 24.3 Å². The summed E-state index contributed by atoms with van der Waals surface area (Å²) in [4.78, 5) is 14.9. The van der Waals surface area contributed by atoms with E-state index in [1.165, 1.54) is 11.1 Å². The van der Waals surface area contributed by atoms with Gasteiger partial charge < -0.3 is 14.8 Å². The van der Waals surface area contributed by atoms with Crippen LogP contribution < -0.4 is 5.32 Å². The molecular formula is C20H28N2O3. The molecule has 1 aliphatic carbocycles. The van der Waals surface area contributed by atoms with Gasteiger partial charge in [0.15, 0.2) is 6.29 Å². The maximum absolute atomic E-state index is 12.6. The Hall–Kier alpha value is -1.43. The smallest absolute Gasteiger partial charge is 0.234 e. The lowest BCUT2D eigenvalue weighted by molar-refractivity contribution is -0.126. The van der Waals surface area contributed by atoms with Crippen LogP contribution >= 0.6 is 0 Å². The number of amides is 1. The first kappa shape index (κ1) is 17.0. The number of carbonyl (C=O) groups is 1. The van der Waals surface area contributed by atoms with Crippen LogP contribution in [0.3, 0.4) is 0 Å². The lowest BCUT2D eigenvalue weighted by atomic mass is 9.88. The summed E-state index contributed by atoms with van der Waals surface area (Å²) in [5, 5.41) is 3.26. The van der Waals surface area contributed by atoms with Gasteiger partial charge in [0.2, 0.25) is 5.91 Å². The molecule has 5 nitrogen and oxygen atoms in total. The standard InChI is InChI=1S/C20H28N2O3/c23-19(21-18-9-3-6-15-5-1-2-8-17(15)18)14-22-10-4-7-16(13-22)20-24-11-12-25-20/h1-2,5,8,16,18,20H,3-4,6-7,9-14H2,(H,21,23)/t16-,18+/m1/s1. The number of benzene rings is 1. The van der Waals surface area contributed by atoms with Crippen LogP contribution in [0.15, 0.2) is 24.3 Å². The molecule has 0 saturated carbocycles. The second-order valence-electron chi connectivity index (χ2n) is 7.46. The number of hydrogen-bond acceptors (Lipinski definition) is 4. The second kappa shape index (κ2) is 7.85. The lowest BCUT2D eigenvalue weighted by Gasteiger charge is -2.34. The molecule has 2 aliphatic heterocycles. The molecule has 0 bridgehead atoms. The fourth-order valence-corrected chi connectivity index (χ4v) is 4.45. The molecule has 2 heterocycles. The Bertz CT molecular complexity index is 600. The zero-order valence-corrected chi connectivity index (χ0v) is 14.8. The average molecular weight is 344 g/mol. The quantitative estimate of drug-likeness (QED) is 0.910. The van der Waals surface area contributed by atoms with Crippen molar-refractivity contribution in [2.75, 3.05) is 32.8 Å². The molecule has 2 fully saturated rings. The van der Waals surface area contributed by atoms with Crippen LogP contribution in [0, 0.1) is 5.92 Å². The molecule has 0 spiro atoms. The van der Waals surface area contributed by atoms with E-state index in [9.17, 15) is 4.79 Å². The van der Waals surface area contributed by atoms with E-state index in [0.717, 1.165) is 45.2 Å². The third-order valence-electron chi connectivity index (χ3n) is 5.65. The van der Waals surface area contributed by atoms with Crippen LogP contribution in [0.25, 0.3) is 0 Å². The number of likely N-dealkylation sites (tertiary alicyclic amines) is 1. The van der Waals surface area contributed by atoms with Gasteiger partial charge in [-0.15, -0.1) is 0 Å². The van der Waals surface area contributed by atoms with Crippen molar-refractivity contribution in [2.45, 2.75) is 44.4 Å². The van der Waals surface area contributed by atoms with Gasteiger partial charge in [0.1, 0.15) is 0 Å². The minimum Gasteiger partial charge on any atom is -0.350 e. The summed E-state index contributed by atoms with van der Waals surface area (Å²) in [5.74, 6) is 0.523. The number of nitrogens with zero attached hydrogens (tertiary/aromatic N) is 1. The first-order valence-electron chi connectivity index (χ1n) is 9.62. The van der Waals surface area contributed by atoms with Crippen LogP contribution in [0.5, 0.6) is 0 Å². The van der Waals surface area contributed by atoms with Crippen LogP contribution in [-0.4, -0.2) is 49.9 Å². The molecule has 0 aromatic heterocycles. The second-order valence-corrected chi connectivity index (χ2v) is 7.46. The molecule has 1 aromatic rings. The van der Waals surface area contributed by atoms with Crippen molar-refractivity contribution < 1.29 is 14.3 Å². The lowest BCUT2D eigenvalue weighted by Crippen LogP contribution is -2.46. The molecule has 2 saturated heterocycles. The normalized spacial score (nSPS) is 27.8. The molecule has 136 valence electrons. The Kier molecular flexibility index (Phi) is 5.34. The molecule has 1 aromatic carbocycles. The Balaban J connectivity index is 1.32. The van der Waals surface area contributed by atoms with Crippen LogP contribution in [0.1, 0.15) is 42.9 Å². The number of nitrogens with one attached hydrogen (secondary N) is 1. The van der Waals surface area contributed by atoms with Crippen molar-refractivity contribution in [1.82, 2.24) is 10.2 Å². The molecule has 25 heavy (non-hydrogen) atoms. The minimum atomic E-state index is -0.0731. The fraction of sp³-hybridized carbons (Fsp3) is 0.650. The van der Waals surface area contributed by atoms with E-state index in [0.29, 0.717) is 25.7 Å². The first-order chi connectivity index (χ1) is 12.3. The van der Waals surface area contributed by atoms with Crippen molar-refractivity contribution in [2.24, 2.45) is 5.92 Å². The highest BCUT2D eigenvalue weighted by Gasteiger charge is 2.32. The average Bonchev–Trinajstić information content (AvgIpc) is 3.17. The molecule has 2 atom stereocenters. The monoisotopic (exact) mass is 344 g/mol. The number of ether oxygens (including phenoxy) is 2. The van der Waals surface area contributed by atoms with Crippen molar-refractivity contribution in [3.8, 4) is 0 Å². The van der Waals surface area contributed by atoms with E-state index in [1.54, 1.807) is 0 Å². The zero-order chi connectivity index (χ0) is 17.1. The van der Waals surface area contributed by atoms with Crippen molar-refractivity contribution in [3.05, 3.63) is 35.4 Å². The van der Waals surface area contributed by atoms with E-state index in [2.05, 4.69) is 34.5 Å². The minimum absolute atomic E-state index is 0.0731. The molecular weight excluding hydrogens is 316 g/mol. The number of aryl methyl sites for hydroxylation is 1.